The molecule has 1 unspecified atom stereocenters. The van der Waals surface area contributed by atoms with E-state index in [-0.39, 0.29) is 11.8 Å². The van der Waals surface area contributed by atoms with E-state index in [0.717, 1.165) is 0 Å². The molecule has 0 bridgehead atoms. The van der Waals surface area contributed by atoms with Crippen molar-refractivity contribution < 1.29 is 9.53 Å². The Bertz CT molecular complexity index is 340. The maximum absolute atomic E-state index is 11.6. The highest BCUT2D eigenvalue weighted by atomic mass is 35.5. The number of amides is 1. The average molecular weight is 243 g/mol. The topological polar surface area (TPSA) is 51.2 Å². The van der Waals surface area contributed by atoms with Crippen LogP contribution in [0.15, 0.2) is 18.3 Å². The minimum Gasteiger partial charge on any atom is -0.384 e. The minimum atomic E-state index is -0.0475. The predicted molar refractivity (Wildman–Crippen MR) is 63.5 cm³/mol. The quantitative estimate of drug-likeness (QED) is 0.807. The van der Waals surface area contributed by atoms with Crippen LogP contribution in [0, 0.1) is 5.92 Å². The molecule has 1 atom stereocenters. The number of pyridine rings is 1. The van der Waals surface area contributed by atoms with E-state index in [9.17, 15) is 4.79 Å². The lowest BCUT2D eigenvalue weighted by molar-refractivity contribution is -0.117. The van der Waals surface area contributed by atoms with Crippen LogP contribution in [0.4, 0.5) is 5.69 Å². The maximum Gasteiger partial charge on any atom is 0.224 e. The Hall–Kier alpha value is -1.13. The van der Waals surface area contributed by atoms with Gasteiger partial charge in [-0.15, -0.1) is 0 Å². The number of halogens is 1. The van der Waals surface area contributed by atoms with Gasteiger partial charge in [-0.3, -0.25) is 4.79 Å². The van der Waals surface area contributed by atoms with Gasteiger partial charge in [0, 0.05) is 20.1 Å². The summed E-state index contributed by atoms with van der Waals surface area (Å²) in [5.74, 6) is 0.152. The fourth-order valence-electron chi connectivity index (χ4n) is 1.32. The molecule has 0 spiro atoms. The molecule has 4 nitrogen and oxygen atoms in total. The number of aromatic nitrogens is 1. The van der Waals surface area contributed by atoms with E-state index in [0.29, 0.717) is 23.9 Å². The number of carbonyl (C=O) groups is 1. The number of hydrogen-bond acceptors (Lipinski definition) is 3. The molecule has 0 radical (unpaired) electrons. The monoisotopic (exact) mass is 242 g/mol. The van der Waals surface area contributed by atoms with Gasteiger partial charge in [-0.1, -0.05) is 18.5 Å². The molecule has 1 amide bonds. The molecule has 1 aromatic heterocycles. The summed E-state index contributed by atoms with van der Waals surface area (Å²) in [6, 6.07) is 3.35. The Labute approximate surface area is 100.0 Å². The van der Waals surface area contributed by atoms with Crippen molar-refractivity contribution in [3.05, 3.63) is 23.5 Å². The van der Waals surface area contributed by atoms with Gasteiger partial charge in [0.15, 0.2) is 0 Å². The highest BCUT2D eigenvalue weighted by Gasteiger charge is 2.09. The molecule has 1 rings (SSSR count). The number of ether oxygens (including phenoxy) is 1. The van der Waals surface area contributed by atoms with Crippen molar-refractivity contribution in [2.75, 3.05) is 19.0 Å². The Kier molecular flexibility index (Phi) is 5.22. The zero-order valence-electron chi connectivity index (χ0n) is 9.37. The summed E-state index contributed by atoms with van der Waals surface area (Å²) in [6.07, 6.45) is 1.96. The molecule has 0 aliphatic rings. The lowest BCUT2D eigenvalue weighted by Crippen LogP contribution is -2.17. The van der Waals surface area contributed by atoms with Crippen LogP contribution >= 0.6 is 11.6 Å². The van der Waals surface area contributed by atoms with Crippen molar-refractivity contribution in [1.29, 1.82) is 0 Å². The number of carbonyl (C=O) groups excluding carboxylic acids is 1. The standard InChI is InChI=1S/C11H15ClN2O2/c1-8(7-16-2)5-11(15)14-9-3-4-10(12)13-6-9/h3-4,6,8H,5,7H2,1-2H3,(H,14,15). The van der Waals surface area contributed by atoms with E-state index in [4.69, 9.17) is 16.3 Å². The van der Waals surface area contributed by atoms with Gasteiger partial charge in [0.1, 0.15) is 5.15 Å². The van der Waals surface area contributed by atoms with E-state index >= 15 is 0 Å². The maximum atomic E-state index is 11.6. The predicted octanol–water partition coefficient (Wildman–Crippen LogP) is 2.35. The summed E-state index contributed by atoms with van der Waals surface area (Å²) < 4.78 is 4.96. The lowest BCUT2D eigenvalue weighted by atomic mass is 10.1. The molecule has 16 heavy (non-hydrogen) atoms. The third-order valence-corrected chi connectivity index (χ3v) is 2.22. The Morgan fingerprint density at radius 3 is 2.94 bits per heavy atom. The average Bonchev–Trinajstić information content (AvgIpc) is 2.21. The first-order chi connectivity index (χ1) is 7.61. The van der Waals surface area contributed by atoms with Crippen molar-refractivity contribution in [2.24, 2.45) is 5.92 Å². The molecule has 0 aliphatic carbocycles. The fraction of sp³-hybridized carbons (Fsp3) is 0.455. The van der Waals surface area contributed by atoms with Gasteiger partial charge in [0.25, 0.3) is 0 Å². The van der Waals surface area contributed by atoms with Gasteiger partial charge in [-0.05, 0) is 18.1 Å². The van der Waals surface area contributed by atoms with Gasteiger partial charge in [0.05, 0.1) is 11.9 Å². The molecule has 1 N–H and O–H groups in total. The van der Waals surface area contributed by atoms with Crippen LogP contribution in [-0.2, 0) is 9.53 Å². The molecule has 88 valence electrons. The number of nitrogens with one attached hydrogen (secondary N) is 1. The second kappa shape index (κ2) is 6.45. The third kappa shape index (κ3) is 4.59. The van der Waals surface area contributed by atoms with Crippen LogP contribution in [0.5, 0.6) is 0 Å². The second-order valence-corrected chi connectivity index (χ2v) is 4.07. The number of anilines is 1. The van der Waals surface area contributed by atoms with E-state index < -0.39 is 0 Å². The zero-order valence-corrected chi connectivity index (χ0v) is 10.1. The second-order valence-electron chi connectivity index (χ2n) is 3.68. The SMILES string of the molecule is COCC(C)CC(=O)Nc1ccc(Cl)nc1. The van der Waals surface area contributed by atoms with Crippen molar-refractivity contribution >= 4 is 23.2 Å². The number of hydrogen-bond donors (Lipinski definition) is 1. The first-order valence-electron chi connectivity index (χ1n) is 5.02. The smallest absolute Gasteiger partial charge is 0.224 e. The summed E-state index contributed by atoms with van der Waals surface area (Å²) in [6.45, 7) is 2.54. The number of nitrogens with zero attached hydrogens (tertiary/aromatic N) is 1. The van der Waals surface area contributed by atoms with Crippen LogP contribution in [-0.4, -0.2) is 24.6 Å². The summed E-state index contributed by atoms with van der Waals surface area (Å²) in [7, 11) is 1.62. The van der Waals surface area contributed by atoms with E-state index in [1.807, 2.05) is 6.92 Å². The molecular formula is C11H15ClN2O2. The molecule has 0 aliphatic heterocycles. The van der Waals surface area contributed by atoms with Crippen LogP contribution in [0.25, 0.3) is 0 Å². The van der Waals surface area contributed by atoms with Crippen LogP contribution in [0.2, 0.25) is 5.15 Å². The van der Waals surface area contributed by atoms with Crippen LogP contribution in [0.1, 0.15) is 13.3 Å². The molecule has 1 heterocycles. The van der Waals surface area contributed by atoms with Gasteiger partial charge in [0.2, 0.25) is 5.91 Å². The van der Waals surface area contributed by atoms with Gasteiger partial charge >= 0.3 is 0 Å². The van der Waals surface area contributed by atoms with Crippen molar-refractivity contribution in [3.8, 4) is 0 Å². The minimum absolute atomic E-state index is 0.0475. The number of methoxy groups -OCH3 is 1. The van der Waals surface area contributed by atoms with Crippen LogP contribution < -0.4 is 5.32 Å². The van der Waals surface area contributed by atoms with E-state index in [1.165, 1.54) is 6.20 Å². The van der Waals surface area contributed by atoms with Crippen molar-refractivity contribution in [3.63, 3.8) is 0 Å². The first kappa shape index (κ1) is 12.9. The highest BCUT2D eigenvalue weighted by Crippen LogP contribution is 2.11. The largest absolute Gasteiger partial charge is 0.384 e. The van der Waals surface area contributed by atoms with Crippen molar-refractivity contribution in [2.45, 2.75) is 13.3 Å². The Morgan fingerprint density at radius 2 is 2.38 bits per heavy atom. The van der Waals surface area contributed by atoms with E-state index in [1.54, 1.807) is 19.2 Å². The molecule has 0 fully saturated rings. The molecular weight excluding hydrogens is 228 g/mol. The Morgan fingerprint density at radius 1 is 1.62 bits per heavy atom. The van der Waals surface area contributed by atoms with E-state index in [2.05, 4.69) is 10.3 Å². The lowest BCUT2D eigenvalue weighted by Gasteiger charge is -2.10. The fourth-order valence-corrected chi connectivity index (χ4v) is 1.43. The first-order valence-corrected chi connectivity index (χ1v) is 5.40. The molecule has 0 saturated carbocycles. The molecule has 5 heteroatoms. The Balaban J connectivity index is 2.42. The normalized spacial score (nSPS) is 12.2. The van der Waals surface area contributed by atoms with Gasteiger partial charge in [-0.2, -0.15) is 0 Å². The van der Waals surface area contributed by atoms with Gasteiger partial charge < -0.3 is 10.1 Å². The number of rotatable bonds is 5. The molecule has 0 aromatic carbocycles. The summed E-state index contributed by atoms with van der Waals surface area (Å²) in [5.41, 5.74) is 0.652. The third-order valence-electron chi connectivity index (χ3n) is 2.00. The van der Waals surface area contributed by atoms with Crippen LogP contribution in [0.3, 0.4) is 0 Å². The molecule has 0 saturated heterocycles. The van der Waals surface area contributed by atoms with Gasteiger partial charge in [-0.25, -0.2) is 4.98 Å². The van der Waals surface area contributed by atoms with Crippen molar-refractivity contribution in [1.82, 2.24) is 4.98 Å². The summed E-state index contributed by atoms with van der Waals surface area (Å²) in [5, 5.41) is 3.15. The summed E-state index contributed by atoms with van der Waals surface area (Å²) in [4.78, 5) is 15.4. The summed E-state index contributed by atoms with van der Waals surface area (Å²) >= 11 is 5.63. The highest BCUT2D eigenvalue weighted by molar-refractivity contribution is 6.29. The molecule has 1 aromatic rings. The zero-order chi connectivity index (χ0) is 12.0.